The first-order chi connectivity index (χ1) is 16.9. The minimum atomic E-state index is -0.242. The third-order valence-corrected chi connectivity index (χ3v) is 6.39. The Balaban J connectivity index is 1.64. The molecule has 4 rings (SSSR count). The van der Waals surface area contributed by atoms with Crippen molar-refractivity contribution in [3.05, 3.63) is 125 Å². The second-order valence-electron chi connectivity index (χ2n) is 8.44. The van der Waals surface area contributed by atoms with Crippen molar-refractivity contribution in [2.75, 3.05) is 0 Å². The fraction of sp³-hybridized carbons (Fsp3) is 0.172. The lowest BCUT2D eigenvalue weighted by molar-refractivity contribution is -0.578. The van der Waals surface area contributed by atoms with E-state index in [0.29, 0.717) is 29.3 Å². The number of aromatic nitrogens is 2. The first-order valence-electron chi connectivity index (χ1n) is 11.6. The second kappa shape index (κ2) is 11.1. The lowest BCUT2D eigenvalue weighted by atomic mass is 10.1. The van der Waals surface area contributed by atoms with Gasteiger partial charge in [-0.3, -0.25) is 0 Å². The molecule has 0 atom stereocenters. The molecular weight excluding hydrogens is 457 g/mol. The topological polar surface area (TPSA) is 43.9 Å². The normalized spacial score (nSPS) is 11.7. The molecule has 0 aliphatic carbocycles. The molecular formula is C29H28FN3OS. The van der Waals surface area contributed by atoms with Crippen LogP contribution in [0.5, 0.6) is 0 Å². The largest absolute Gasteiger partial charge is 0.867 e. The van der Waals surface area contributed by atoms with Gasteiger partial charge in [0.15, 0.2) is 17.4 Å². The smallest absolute Gasteiger partial charge is 0.238 e. The molecule has 0 spiro atoms. The molecule has 2 heterocycles. The van der Waals surface area contributed by atoms with E-state index in [9.17, 15) is 9.50 Å². The molecule has 35 heavy (non-hydrogen) atoms. The maximum Gasteiger partial charge on any atom is 0.238 e. The van der Waals surface area contributed by atoms with E-state index in [1.807, 2.05) is 80.8 Å². The van der Waals surface area contributed by atoms with Crippen molar-refractivity contribution in [1.82, 2.24) is 9.88 Å². The quantitative estimate of drug-likeness (QED) is 0.172. The summed E-state index contributed by atoms with van der Waals surface area (Å²) < 4.78 is 17.1. The van der Waals surface area contributed by atoms with Crippen molar-refractivity contribution < 1.29 is 14.1 Å². The first kappa shape index (κ1) is 24.4. The van der Waals surface area contributed by atoms with E-state index in [2.05, 4.69) is 9.88 Å². The number of hydrogen-bond donors (Lipinski definition) is 1. The molecule has 178 valence electrons. The Morgan fingerprint density at radius 2 is 1.60 bits per heavy atom. The molecule has 0 aliphatic heterocycles. The van der Waals surface area contributed by atoms with Crippen molar-refractivity contribution in [1.29, 1.82) is 0 Å². The van der Waals surface area contributed by atoms with E-state index < -0.39 is 0 Å². The number of thiocarbonyl (C=S) groups is 1. The molecule has 1 N–H and O–H groups in total. The lowest BCUT2D eigenvalue weighted by Crippen LogP contribution is -2.42. The van der Waals surface area contributed by atoms with Gasteiger partial charge >= 0.3 is 0 Å². The van der Waals surface area contributed by atoms with Crippen LogP contribution in [0.15, 0.2) is 91.3 Å². The van der Waals surface area contributed by atoms with Crippen LogP contribution in [-0.2, 0) is 19.5 Å². The third kappa shape index (κ3) is 5.84. The lowest BCUT2D eigenvalue weighted by Gasteiger charge is -2.17. The van der Waals surface area contributed by atoms with Crippen LogP contribution in [0.3, 0.4) is 0 Å². The summed E-state index contributed by atoms with van der Waals surface area (Å²) in [6.45, 7) is 5.18. The summed E-state index contributed by atoms with van der Waals surface area (Å²) in [7, 11) is 0. The predicted octanol–water partition coefficient (Wildman–Crippen LogP) is 4.58. The van der Waals surface area contributed by atoms with Gasteiger partial charge in [-0.2, -0.15) is 4.57 Å². The molecule has 0 unspecified atom stereocenters. The zero-order valence-corrected chi connectivity index (χ0v) is 20.7. The van der Waals surface area contributed by atoms with E-state index in [0.717, 1.165) is 28.9 Å². The van der Waals surface area contributed by atoms with E-state index in [-0.39, 0.29) is 11.6 Å². The van der Waals surface area contributed by atoms with Gasteiger partial charge in [0.25, 0.3) is 0 Å². The molecule has 0 saturated heterocycles. The molecule has 2 aromatic carbocycles. The standard InChI is InChI=1S/C29H28FN3OS/c1-21-19-26(22(2)33(21)18-15-23-11-13-25(30)14-12-23)28(34)27(32-16-7-4-8-17-32)29(35)31-20-24-9-5-3-6-10-24/h3-14,16-17,19H,15,18,20H2,1-2H3,(H-,31,34,35). The predicted molar refractivity (Wildman–Crippen MR) is 140 cm³/mol. The SMILES string of the molecule is Cc1cc(/C([O-])=C(/C(=S)NCc2ccccc2)[n+]2ccccc2)c(C)n1CCc1ccc(F)cc1. The van der Waals surface area contributed by atoms with Gasteiger partial charge in [-0.15, -0.1) is 0 Å². The highest BCUT2D eigenvalue weighted by Crippen LogP contribution is 2.23. The minimum Gasteiger partial charge on any atom is -0.867 e. The van der Waals surface area contributed by atoms with Gasteiger partial charge in [-0.1, -0.05) is 60.7 Å². The number of benzene rings is 2. The zero-order valence-electron chi connectivity index (χ0n) is 19.9. The molecule has 0 bridgehead atoms. The fourth-order valence-electron chi connectivity index (χ4n) is 4.14. The highest BCUT2D eigenvalue weighted by Gasteiger charge is 2.20. The number of rotatable bonds is 8. The van der Waals surface area contributed by atoms with Crippen LogP contribution in [0.2, 0.25) is 0 Å². The van der Waals surface area contributed by atoms with Gasteiger partial charge in [0.05, 0.1) is 0 Å². The van der Waals surface area contributed by atoms with E-state index in [1.165, 1.54) is 12.1 Å². The van der Waals surface area contributed by atoms with Gasteiger partial charge in [0.2, 0.25) is 5.70 Å². The highest BCUT2D eigenvalue weighted by molar-refractivity contribution is 7.81. The number of nitrogens with one attached hydrogen (secondary N) is 1. The summed E-state index contributed by atoms with van der Waals surface area (Å²) in [5.41, 5.74) is 5.04. The van der Waals surface area contributed by atoms with Gasteiger partial charge in [0, 0.05) is 36.6 Å². The summed E-state index contributed by atoms with van der Waals surface area (Å²) in [6, 6.07) is 24.1. The van der Waals surface area contributed by atoms with Crippen molar-refractivity contribution in [2.45, 2.75) is 33.4 Å². The summed E-state index contributed by atoms with van der Waals surface area (Å²) in [4.78, 5) is 0.395. The van der Waals surface area contributed by atoms with E-state index in [1.54, 1.807) is 16.7 Å². The Kier molecular flexibility index (Phi) is 7.73. The number of aryl methyl sites for hydroxylation is 2. The number of halogens is 1. The summed E-state index contributed by atoms with van der Waals surface area (Å²) in [5.74, 6) is -0.374. The molecule has 0 fully saturated rings. The summed E-state index contributed by atoms with van der Waals surface area (Å²) >= 11 is 5.71. The monoisotopic (exact) mass is 485 g/mol. The second-order valence-corrected chi connectivity index (χ2v) is 8.85. The van der Waals surface area contributed by atoms with Gasteiger partial charge in [0.1, 0.15) is 5.82 Å². The molecule has 0 aliphatic rings. The Labute approximate surface area is 211 Å². The maximum atomic E-state index is 13.9. The number of hydrogen-bond acceptors (Lipinski definition) is 2. The molecule has 0 saturated carbocycles. The van der Waals surface area contributed by atoms with Crippen molar-refractivity contribution in [3.63, 3.8) is 0 Å². The van der Waals surface area contributed by atoms with Crippen molar-refractivity contribution in [3.8, 4) is 0 Å². The summed E-state index contributed by atoms with van der Waals surface area (Å²) in [6.07, 6.45) is 4.40. The molecule has 6 heteroatoms. The van der Waals surface area contributed by atoms with Crippen LogP contribution < -0.4 is 15.0 Å². The van der Waals surface area contributed by atoms with E-state index >= 15 is 0 Å². The highest BCUT2D eigenvalue weighted by atomic mass is 32.1. The van der Waals surface area contributed by atoms with Crippen LogP contribution in [0, 0.1) is 19.7 Å². The van der Waals surface area contributed by atoms with Gasteiger partial charge in [-0.05, 0) is 60.9 Å². The van der Waals surface area contributed by atoms with Crippen molar-refractivity contribution >= 4 is 28.7 Å². The average Bonchev–Trinajstić information content (AvgIpc) is 3.17. The molecule has 4 nitrogen and oxygen atoms in total. The van der Waals surface area contributed by atoms with Crippen molar-refractivity contribution in [2.24, 2.45) is 0 Å². The molecule has 2 aromatic heterocycles. The van der Waals surface area contributed by atoms with Crippen LogP contribution in [-0.4, -0.2) is 9.56 Å². The Hall–Kier alpha value is -3.77. The Morgan fingerprint density at radius 3 is 2.29 bits per heavy atom. The molecule has 4 aromatic rings. The van der Waals surface area contributed by atoms with E-state index in [4.69, 9.17) is 12.2 Å². The van der Waals surface area contributed by atoms with Gasteiger partial charge < -0.3 is 15.0 Å². The zero-order chi connectivity index (χ0) is 24.8. The molecule has 0 radical (unpaired) electrons. The van der Waals surface area contributed by atoms with Crippen LogP contribution in [0.1, 0.15) is 28.1 Å². The Bertz CT molecular complexity index is 1330. The van der Waals surface area contributed by atoms with Crippen LogP contribution in [0.4, 0.5) is 4.39 Å². The fourth-order valence-corrected chi connectivity index (χ4v) is 4.41. The minimum absolute atomic E-state index is 0.132. The summed E-state index contributed by atoms with van der Waals surface area (Å²) in [5, 5.41) is 17.1. The first-order valence-corrected chi connectivity index (χ1v) is 12.0. The number of pyridine rings is 1. The Morgan fingerprint density at radius 1 is 0.943 bits per heavy atom. The third-order valence-electron chi connectivity index (χ3n) is 6.06. The average molecular weight is 486 g/mol. The van der Waals surface area contributed by atoms with Crippen LogP contribution in [0.25, 0.3) is 11.5 Å². The number of nitrogens with zero attached hydrogens (tertiary/aromatic N) is 2. The maximum absolute atomic E-state index is 13.9. The molecule has 0 amide bonds. The van der Waals surface area contributed by atoms with Crippen LogP contribution >= 0.6 is 12.2 Å². The van der Waals surface area contributed by atoms with Gasteiger partial charge in [-0.25, -0.2) is 4.39 Å².